The molecule has 10 heteroatoms. The molecule has 0 radical (unpaired) electrons. The summed E-state index contributed by atoms with van der Waals surface area (Å²) in [5.74, 6) is -2.11. The number of aromatic nitrogens is 2. The standard InChI is InChI=1S/C20H15N3O7/c1-29-17(25)11-6-8-12(9-7-11)23-16(18(26)30-22-23)15(24)10-20(28)13-4-2-3-5-14(13)21-19(20)27/h2-9,28H,10H2,1H3,(H-,21,22,24,26,27)/p+1. The number of benzene rings is 2. The molecule has 1 aromatic heterocycles. The number of nitrogens with one attached hydrogen (secondary N) is 2. The number of aromatic amines is 1. The van der Waals surface area contributed by atoms with E-state index >= 15 is 0 Å². The number of esters is 1. The number of para-hydroxylation sites is 1. The molecule has 10 nitrogen and oxygen atoms in total. The fourth-order valence-corrected chi connectivity index (χ4v) is 3.35. The Morgan fingerprint density at radius 1 is 1.13 bits per heavy atom. The molecule has 3 aromatic rings. The first-order chi connectivity index (χ1) is 14.3. The number of carbonyl (C=O) groups is 3. The van der Waals surface area contributed by atoms with E-state index in [2.05, 4.69) is 15.3 Å². The summed E-state index contributed by atoms with van der Waals surface area (Å²) in [5.41, 5.74) is -2.26. The predicted molar refractivity (Wildman–Crippen MR) is 100 cm³/mol. The van der Waals surface area contributed by atoms with Gasteiger partial charge < -0.3 is 15.2 Å². The van der Waals surface area contributed by atoms with Gasteiger partial charge in [-0.3, -0.25) is 14.1 Å². The number of H-pyrrole nitrogens is 1. The number of anilines is 1. The lowest BCUT2D eigenvalue weighted by Gasteiger charge is -2.18. The number of carbonyl (C=O) groups excluding carboxylic acids is 3. The average molecular weight is 410 g/mol. The predicted octanol–water partition coefficient (Wildman–Crippen LogP) is 0.444. The fraction of sp³-hybridized carbons (Fsp3) is 0.150. The van der Waals surface area contributed by atoms with Gasteiger partial charge in [0.25, 0.3) is 5.91 Å². The van der Waals surface area contributed by atoms with Gasteiger partial charge in [0.2, 0.25) is 11.5 Å². The van der Waals surface area contributed by atoms with Crippen LogP contribution in [-0.4, -0.2) is 35.1 Å². The van der Waals surface area contributed by atoms with E-state index < -0.39 is 41.0 Å². The smallest absolute Gasteiger partial charge is 0.438 e. The number of amides is 1. The normalized spacial score (nSPS) is 17.3. The van der Waals surface area contributed by atoms with Crippen LogP contribution in [-0.2, 0) is 15.1 Å². The van der Waals surface area contributed by atoms with Crippen LogP contribution in [0.2, 0.25) is 0 Å². The maximum absolute atomic E-state index is 12.9. The molecule has 1 unspecified atom stereocenters. The van der Waals surface area contributed by atoms with E-state index in [4.69, 9.17) is 4.52 Å². The zero-order chi connectivity index (χ0) is 21.5. The summed E-state index contributed by atoms with van der Waals surface area (Å²) in [4.78, 5) is 49.1. The molecule has 1 amide bonds. The lowest BCUT2D eigenvalue weighted by molar-refractivity contribution is -0.672. The van der Waals surface area contributed by atoms with Gasteiger partial charge in [0, 0.05) is 23.4 Å². The van der Waals surface area contributed by atoms with Crippen LogP contribution in [0.4, 0.5) is 5.69 Å². The number of rotatable bonds is 5. The zero-order valence-corrected chi connectivity index (χ0v) is 15.7. The molecule has 0 aliphatic carbocycles. The van der Waals surface area contributed by atoms with E-state index in [0.717, 1.165) is 4.68 Å². The average Bonchev–Trinajstić information content (AvgIpc) is 3.25. The molecule has 0 bridgehead atoms. The largest absolute Gasteiger partial charge is 0.465 e. The van der Waals surface area contributed by atoms with Gasteiger partial charge in [0.1, 0.15) is 0 Å². The molecule has 152 valence electrons. The van der Waals surface area contributed by atoms with Gasteiger partial charge in [-0.05, 0) is 28.2 Å². The van der Waals surface area contributed by atoms with Gasteiger partial charge in [-0.2, -0.15) is 0 Å². The number of aliphatic hydroxyl groups is 1. The van der Waals surface area contributed by atoms with Crippen LogP contribution in [0.1, 0.15) is 32.8 Å². The Morgan fingerprint density at radius 3 is 2.53 bits per heavy atom. The minimum Gasteiger partial charge on any atom is -0.465 e. The molecular weight excluding hydrogens is 394 g/mol. The first kappa shape index (κ1) is 19.3. The Hall–Kier alpha value is -4.05. The minimum absolute atomic E-state index is 0.247. The van der Waals surface area contributed by atoms with Crippen LogP contribution in [0.25, 0.3) is 5.69 Å². The van der Waals surface area contributed by atoms with Crippen LogP contribution in [0, 0.1) is 0 Å². The van der Waals surface area contributed by atoms with Gasteiger partial charge in [0.15, 0.2) is 5.60 Å². The van der Waals surface area contributed by atoms with Crippen molar-refractivity contribution < 1.29 is 33.4 Å². The zero-order valence-electron chi connectivity index (χ0n) is 15.7. The summed E-state index contributed by atoms with van der Waals surface area (Å²) in [6.07, 6.45) is -0.668. The summed E-state index contributed by atoms with van der Waals surface area (Å²) in [6, 6.07) is 12.3. The second-order valence-corrected chi connectivity index (χ2v) is 6.66. The molecule has 1 aliphatic heterocycles. The van der Waals surface area contributed by atoms with Gasteiger partial charge in [-0.1, -0.05) is 18.2 Å². The second kappa shape index (κ2) is 7.08. The van der Waals surface area contributed by atoms with E-state index in [0.29, 0.717) is 11.4 Å². The van der Waals surface area contributed by atoms with Gasteiger partial charge >= 0.3 is 17.3 Å². The number of ketones is 1. The number of hydrogen-bond donors (Lipinski definition) is 3. The van der Waals surface area contributed by atoms with E-state index in [1.807, 2.05) is 0 Å². The van der Waals surface area contributed by atoms with E-state index in [1.165, 1.54) is 37.4 Å². The van der Waals surface area contributed by atoms with E-state index in [9.17, 15) is 24.3 Å². The van der Waals surface area contributed by atoms with Gasteiger partial charge in [-0.15, -0.1) is 0 Å². The number of nitrogens with zero attached hydrogens (tertiary/aromatic N) is 1. The van der Waals surface area contributed by atoms with E-state index in [-0.39, 0.29) is 11.1 Å². The van der Waals surface area contributed by atoms with Crippen molar-refractivity contribution >= 4 is 23.3 Å². The number of fused-ring (bicyclic) bond motifs is 1. The Balaban J connectivity index is 1.68. The fourth-order valence-electron chi connectivity index (χ4n) is 3.35. The molecule has 0 saturated heterocycles. The first-order valence-corrected chi connectivity index (χ1v) is 8.84. The summed E-state index contributed by atoms with van der Waals surface area (Å²) in [6.45, 7) is 0. The SMILES string of the molecule is COC(=O)c1ccc(-[n+]2[nH]oc(=O)c2C(=O)CC2(O)C(=O)Nc3ccccc32)cc1. The molecule has 3 N–H and O–H groups in total. The highest BCUT2D eigenvalue weighted by molar-refractivity contribution is 6.08. The summed E-state index contributed by atoms with van der Waals surface area (Å²) >= 11 is 0. The summed E-state index contributed by atoms with van der Waals surface area (Å²) in [5, 5.41) is 15.8. The molecule has 0 saturated carbocycles. The third-order valence-electron chi connectivity index (χ3n) is 4.87. The van der Waals surface area contributed by atoms with Crippen molar-refractivity contribution in [2.45, 2.75) is 12.0 Å². The minimum atomic E-state index is -2.12. The van der Waals surface area contributed by atoms with Gasteiger partial charge in [0.05, 0.1) is 19.1 Å². The molecule has 30 heavy (non-hydrogen) atoms. The third-order valence-corrected chi connectivity index (χ3v) is 4.87. The van der Waals surface area contributed by atoms with Crippen molar-refractivity contribution in [2.24, 2.45) is 0 Å². The lowest BCUT2D eigenvalue weighted by atomic mass is 9.89. The third kappa shape index (κ3) is 2.99. The monoisotopic (exact) mass is 410 g/mol. The topological polar surface area (TPSA) is 143 Å². The molecule has 0 spiro atoms. The number of hydrogen-bond acceptors (Lipinski definition) is 7. The van der Waals surface area contributed by atoms with Crippen LogP contribution in [0.3, 0.4) is 0 Å². The highest BCUT2D eigenvalue weighted by Gasteiger charge is 2.49. The Bertz CT molecular complexity index is 1230. The maximum atomic E-state index is 12.9. The number of methoxy groups -OCH3 is 1. The van der Waals surface area contributed by atoms with Crippen molar-refractivity contribution in [1.82, 2.24) is 5.27 Å². The first-order valence-electron chi connectivity index (χ1n) is 8.84. The molecule has 1 aliphatic rings. The van der Waals surface area contributed by atoms with Crippen LogP contribution < -0.4 is 15.6 Å². The lowest BCUT2D eigenvalue weighted by Crippen LogP contribution is -2.44. The van der Waals surface area contributed by atoms with Crippen LogP contribution in [0.5, 0.6) is 0 Å². The summed E-state index contributed by atoms with van der Waals surface area (Å²) < 4.78 is 10.5. The highest BCUT2D eigenvalue weighted by Crippen LogP contribution is 2.38. The number of ether oxygens (including phenoxy) is 1. The quantitative estimate of drug-likeness (QED) is 0.315. The Kier molecular flexibility index (Phi) is 4.55. The van der Waals surface area contributed by atoms with Crippen molar-refractivity contribution in [3.05, 3.63) is 75.8 Å². The molecular formula is C20H16N3O7+. The molecule has 4 rings (SSSR count). The van der Waals surface area contributed by atoms with Crippen molar-refractivity contribution in [3.63, 3.8) is 0 Å². The maximum Gasteiger partial charge on any atom is 0.438 e. The van der Waals surface area contributed by atoms with Crippen molar-refractivity contribution in [3.8, 4) is 5.69 Å². The van der Waals surface area contributed by atoms with Crippen molar-refractivity contribution in [1.29, 1.82) is 0 Å². The van der Waals surface area contributed by atoms with E-state index in [1.54, 1.807) is 18.2 Å². The van der Waals surface area contributed by atoms with Crippen LogP contribution >= 0.6 is 0 Å². The summed E-state index contributed by atoms with van der Waals surface area (Å²) in [7, 11) is 1.25. The van der Waals surface area contributed by atoms with Crippen molar-refractivity contribution in [2.75, 3.05) is 12.4 Å². The molecule has 2 heterocycles. The Morgan fingerprint density at radius 2 is 1.83 bits per heavy atom. The molecule has 1 atom stereocenters. The van der Waals surface area contributed by atoms with Crippen LogP contribution in [0.15, 0.2) is 57.8 Å². The second-order valence-electron chi connectivity index (χ2n) is 6.66. The number of Topliss-reactive ketones (excluding diaryl/α,β-unsaturated/α-hetero) is 1. The Labute approximate surface area is 168 Å². The highest BCUT2D eigenvalue weighted by atomic mass is 16.5. The molecule has 2 aromatic carbocycles. The van der Waals surface area contributed by atoms with Gasteiger partial charge in [-0.25, -0.2) is 9.59 Å². The molecule has 0 fully saturated rings.